The number of carboxylic acids is 1. The molecule has 0 unspecified atom stereocenters. The minimum absolute atomic E-state index is 0.0651. The van der Waals surface area contributed by atoms with E-state index in [1.165, 1.54) is 11.3 Å². The van der Waals surface area contributed by atoms with Crippen molar-refractivity contribution in [3.8, 4) is 0 Å². The molecule has 1 aliphatic rings. The van der Waals surface area contributed by atoms with E-state index >= 15 is 0 Å². The number of thiazole rings is 1. The van der Waals surface area contributed by atoms with Crippen molar-refractivity contribution in [3.63, 3.8) is 0 Å². The maximum atomic E-state index is 14.3. The third-order valence-corrected chi connectivity index (χ3v) is 7.95. The minimum Gasteiger partial charge on any atom is -0.479 e. The predicted octanol–water partition coefficient (Wildman–Crippen LogP) is 5.66. The Balaban J connectivity index is 1.88. The highest BCUT2D eigenvalue weighted by molar-refractivity contribution is 7.09. The molecule has 0 spiro atoms. The van der Waals surface area contributed by atoms with Crippen molar-refractivity contribution in [2.24, 2.45) is 5.92 Å². The molecule has 6 nitrogen and oxygen atoms in total. The average molecular weight is 507 g/mol. The number of carboxylic acid groups (broad SMARTS) is 1. The van der Waals surface area contributed by atoms with Gasteiger partial charge < -0.3 is 14.7 Å². The molecule has 2 aromatic carbocycles. The van der Waals surface area contributed by atoms with Gasteiger partial charge in [-0.25, -0.2) is 9.78 Å². The summed E-state index contributed by atoms with van der Waals surface area (Å²) in [6.07, 6.45) is 2.18. The van der Waals surface area contributed by atoms with E-state index in [0.29, 0.717) is 12.2 Å². The normalized spacial score (nSPS) is 22.1. The second-order valence-electron chi connectivity index (χ2n) is 10.7. The third-order valence-electron chi connectivity index (χ3n) is 7.11. The fourth-order valence-electron chi connectivity index (χ4n) is 5.63. The fourth-order valence-corrected chi connectivity index (χ4v) is 6.45. The van der Waals surface area contributed by atoms with Gasteiger partial charge in [0.05, 0.1) is 12.6 Å². The van der Waals surface area contributed by atoms with Crippen LogP contribution in [0.4, 0.5) is 0 Å². The molecule has 1 amide bonds. The standard InChI is InChI=1S/C29H34N2O4S/c1-19-15-21(11-12-23(19)28(2,3)4)26(32)31-24(25-30-13-14-36-25)22(18-35-5)17-29(31,27(33)34)16-20-9-7-6-8-10-20/h6-15,22,24H,16-18H2,1-5H3,(H,33,34)/t22-,24-,29+/m1/s1. The Morgan fingerprint density at radius 1 is 1.19 bits per heavy atom. The van der Waals surface area contributed by atoms with Crippen molar-refractivity contribution in [3.05, 3.63) is 87.4 Å². The number of aliphatic carboxylic acids is 1. The van der Waals surface area contributed by atoms with Crippen molar-refractivity contribution >= 4 is 23.2 Å². The van der Waals surface area contributed by atoms with Gasteiger partial charge in [0.1, 0.15) is 10.5 Å². The summed E-state index contributed by atoms with van der Waals surface area (Å²) in [6.45, 7) is 8.75. The van der Waals surface area contributed by atoms with Crippen molar-refractivity contribution in [1.82, 2.24) is 9.88 Å². The molecule has 1 saturated heterocycles. The van der Waals surface area contributed by atoms with Crippen LogP contribution in [0.1, 0.15) is 65.3 Å². The molecule has 1 N–H and O–H groups in total. The lowest BCUT2D eigenvalue weighted by Crippen LogP contribution is -2.55. The van der Waals surface area contributed by atoms with Crippen LogP contribution in [0.3, 0.4) is 0 Å². The Morgan fingerprint density at radius 2 is 1.92 bits per heavy atom. The molecular formula is C29H34N2O4S. The second kappa shape index (κ2) is 10.1. The van der Waals surface area contributed by atoms with Crippen LogP contribution < -0.4 is 0 Å². The molecule has 4 rings (SSSR count). The summed E-state index contributed by atoms with van der Waals surface area (Å²) >= 11 is 1.44. The van der Waals surface area contributed by atoms with Crippen molar-refractivity contribution in [2.45, 2.75) is 57.5 Å². The molecular weight excluding hydrogens is 472 g/mol. The molecule has 0 saturated carbocycles. The smallest absolute Gasteiger partial charge is 0.330 e. The molecule has 0 bridgehead atoms. The topological polar surface area (TPSA) is 79.7 Å². The first-order valence-corrected chi connectivity index (χ1v) is 13.1. The summed E-state index contributed by atoms with van der Waals surface area (Å²) in [5.74, 6) is -1.52. The average Bonchev–Trinajstić information content (AvgIpc) is 3.45. The van der Waals surface area contributed by atoms with Crippen molar-refractivity contribution in [1.29, 1.82) is 0 Å². The van der Waals surface area contributed by atoms with E-state index in [9.17, 15) is 14.7 Å². The van der Waals surface area contributed by atoms with E-state index in [2.05, 4.69) is 25.8 Å². The van der Waals surface area contributed by atoms with Gasteiger partial charge in [-0.2, -0.15) is 0 Å². The summed E-state index contributed by atoms with van der Waals surface area (Å²) in [5.41, 5.74) is 2.02. The van der Waals surface area contributed by atoms with E-state index < -0.39 is 17.6 Å². The minimum atomic E-state index is -1.44. The van der Waals surface area contributed by atoms with Gasteiger partial charge in [-0.05, 0) is 47.6 Å². The van der Waals surface area contributed by atoms with Crippen LogP contribution in [0.2, 0.25) is 0 Å². The molecule has 1 aromatic heterocycles. The molecule has 1 aliphatic heterocycles. The van der Waals surface area contributed by atoms with Gasteiger partial charge in [0.15, 0.2) is 0 Å². The first kappa shape index (κ1) is 26.0. The number of carbonyl (C=O) groups is 2. The number of hydrogen-bond acceptors (Lipinski definition) is 5. The highest BCUT2D eigenvalue weighted by Crippen LogP contribution is 2.50. The van der Waals surface area contributed by atoms with E-state index in [1.807, 2.05) is 60.8 Å². The number of methoxy groups -OCH3 is 1. The number of rotatable bonds is 7. The van der Waals surface area contributed by atoms with Gasteiger partial charge in [0.25, 0.3) is 5.91 Å². The van der Waals surface area contributed by atoms with Crippen LogP contribution in [0, 0.1) is 12.8 Å². The number of nitrogens with zero attached hydrogens (tertiary/aromatic N) is 2. The number of aromatic nitrogens is 1. The maximum absolute atomic E-state index is 14.3. The zero-order valence-electron chi connectivity index (χ0n) is 21.5. The maximum Gasteiger partial charge on any atom is 0.330 e. The Bertz CT molecular complexity index is 1220. The van der Waals surface area contributed by atoms with Gasteiger partial charge in [-0.1, -0.05) is 57.2 Å². The number of likely N-dealkylation sites (tertiary alicyclic amines) is 1. The van der Waals surface area contributed by atoms with Crippen LogP contribution >= 0.6 is 11.3 Å². The lowest BCUT2D eigenvalue weighted by atomic mass is 9.83. The number of carbonyl (C=O) groups excluding carboxylic acids is 1. The highest BCUT2D eigenvalue weighted by Gasteiger charge is 2.59. The number of hydrogen-bond donors (Lipinski definition) is 1. The number of aryl methyl sites for hydroxylation is 1. The van der Waals surface area contributed by atoms with E-state index in [0.717, 1.165) is 21.7 Å². The van der Waals surface area contributed by atoms with E-state index in [-0.39, 0.29) is 30.1 Å². The predicted molar refractivity (Wildman–Crippen MR) is 141 cm³/mol. The zero-order valence-corrected chi connectivity index (χ0v) is 22.3. The van der Waals surface area contributed by atoms with Gasteiger partial charge in [-0.15, -0.1) is 11.3 Å². The Kier molecular flexibility index (Phi) is 7.34. The summed E-state index contributed by atoms with van der Waals surface area (Å²) in [6, 6.07) is 14.7. The molecule has 3 atom stereocenters. The van der Waals surface area contributed by atoms with E-state index in [1.54, 1.807) is 18.2 Å². The van der Waals surface area contributed by atoms with Gasteiger partial charge in [0.2, 0.25) is 0 Å². The molecule has 2 heterocycles. The molecule has 36 heavy (non-hydrogen) atoms. The summed E-state index contributed by atoms with van der Waals surface area (Å²) < 4.78 is 5.53. The van der Waals surface area contributed by atoms with Crippen LogP contribution in [-0.4, -0.2) is 46.1 Å². The number of benzene rings is 2. The van der Waals surface area contributed by atoms with Gasteiger partial charge in [0, 0.05) is 36.6 Å². The molecule has 0 aliphatic carbocycles. The number of amides is 1. The van der Waals surface area contributed by atoms with Crippen molar-refractivity contribution in [2.75, 3.05) is 13.7 Å². The summed E-state index contributed by atoms with van der Waals surface area (Å²) in [4.78, 5) is 33.6. The number of ether oxygens (including phenoxy) is 1. The molecule has 7 heteroatoms. The van der Waals surface area contributed by atoms with Crippen molar-refractivity contribution < 1.29 is 19.4 Å². The second-order valence-corrected chi connectivity index (χ2v) is 11.6. The lowest BCUT2D eigenvalue weighted by Gasteiger charge is -2.38. The summed E-state index contributed by atoms with van der Waals surface area (Å²) in [5, 5.41) is 13.3. The molecule has 190 valence electrons. The van der Waals surface area contributed by atoms with E-state index in [4.69, 9.17) is 4.74 Å². The third kappa shape index (κ3) is 4.82. The first-order chi connectivity index (χ1) is 17.1. The quantitative estimate of drug-likeness (QED) is 0.447. The lowest BCUT2D eigenvalue weighted by molar-refractivity contribution is -0.149. The molecule has 3 aromatic rings. The van der Waals surface area contributed by atoms with Gasteiger partial charge >= 0.3 is 5.97 Å². The largest absolute Gasteiger partial charge is 0.479 e. The highest BCUT2D eigenvalue weighted by atomic mass is 32.1. The molecule has 0 radical (unpaired) electrons. The van der Waals surface area contributed by atoms with Gasteiger partial charge in [-0.3, -0.25) is 4.79 Å². The monoisotopic (exact) mass is 506 g/mol. The zero-order chi connectivity index (χ0) is 26.1. The SMILES string of the molecule is COC[C@H]1C[C@@](Cc2ccccc2)(C(=O)O)N(C(=O)c2ccc(C(C)(C)C)c(C)c2)[C@H]1c1nccs1. The van der Waals surface area contributed by atoms with Crippen LogP contribution in [0.5, 0.6) is 0 Å². The Hall–Kier alpha value is -3.03. The molecule has 1 fully saturated rings. The Labute approximate surface area is 216 Å². The first-order valence-electron chi connectivity index (χ1n) is 12.2. The Morgan fingerprint density at radius 3 is 2.47 bits per heavy atom. The van der Waals surface area contributed by atoms with Crippen LogP contribution in [-0.2, 0) is 21.4 Å². The van der Waals surface area contributed by atoms with Crippen LogP contribution in [0.15, 0.2) is 60.1 Å². The summed E-state index contributed by atoms with van der Waals surface area (Å²) in [7, 11) is 1.61. The fraction of sp³-hybridized carbons (Fsp3) is 0.414. The van der Waals surface area contributed by atoms with Crippen LogP contribution in [0.25, 0.3) is 0 Å².